The molecule has 0 bridgehead atoms. The molecule has 0 radical (unpaired) electrons. The molecule has 0 amide bonds. The zero-order valence-electron chi connectivity index (χ0n) is 12.9. The Morgan fingerprint density at radius 2 is 2.10 bits per heavy atom. The minimum absolute atomic E-state index is 0.631. The van der Waals surface area contributed by atoms with Gasteiger partial charge in [-0.15, -0.1) is 11.3 Å². The quantitative estimate of drug-likeness (QED) is 0.907. The third-order valence-corrected chi connectivity index (χ3v) is 5.70. The zero-order chi connectivity index (χ0) is 13.9. The van der Waals surface area contributed by atoms with E-state index < -0.39 is 0 Å². The fourth-order valence-corrected chi connectivity index (χ4v) is 4.73. The van der Waals surface area contributed by atoms with E-state index in [4.69, 9.17) is 0 Å². The van der Waals surface area contributed by atoms with Gasteiger partial charge < -0.3 is 10.2 Å². The highest BCUT2D eigenvalue weighted by atomic mass is 32.1. The lowest BCUT2D eigenvalue weighted by atomic mass is 9.92. The first kappa shape index (κ1) is 14.6. The maximum atomic E-state index is 3.95. The Kier molecular flexibility index (Phi) is 4.79. The second-order valence-electron chi connectivity index (χ2n) is 6.88. The number of hydrogen-bond donors (Lipinski definition) is 1. The molecule has 1 N–H and O–H groups in total. The summed E-state index contributed by atoms with van der Waals surface area (Å²) in [7, 11) is 0. The number of aryl methyl sites for hydroxylation is 1. The van der Waals surface area contributed by atoms with Gasteiger partial charge in [0.1, 0.15) is 0 Å². The Balaban J connectivity index is 1.51. The number of likely N-dealkylation sites (tertiary alicyclic amines) is 1. The summed E-state index contributed by atoms with van der Waals surface area (Å²) in [6.07, 6.45) is 6.64. The van der Waals surface area contributed by atoms with Gasteiger partial charge in [0.25, 0.3) is 0 Å². The van der Waals surface area contributed by atoms with Gasteiger partial charge in [-0.1, -0.05) is 13.8 Å². The van der Waals surface area contributed by atoms with Crippen LogP contribution in [0.2, 0.25) is 0 Å². The molecule has 2 nitrogen and oxygen atoms in total. The van der Waals surface area contributed by atoms with Crippen molar-refractivity contribution in [2.45, 2.75) is 58.0 Å². The topological polar surface area (TPSA) is 15.3 Å². The van der Waals surface area contributed by atoms with Gasteiger partial charge in [0, 0.05) is 23.5 Å². The van der Waals surface area contributed by atoms with Gasteiger partial charge in [-0.05, 0) is 68.1 Å². The van der Waals surface area contributed by atoms with Crippen molar-refractivity contribution >= 4 is 11.3 Å². The average molecular weight is 292 g/mol. The van der Waals surface area contributed by atoms with E-state index in [-0.39, 0.29) is 0 Å². The summed E-state index contributed by atoms with van der Waals surface area (Å²) >= 11 is 1.95. The Hall–Kier alpha value is -0.380. The number of fused-ring (bicyclic) bond motifs is 1. The Labute approximate surface area is 127 Å². The smallest absolute Gasteiger partial charge is 0.0333 e. The van der Waals surface area contributed by atoms with Crippen molar-refractivity contribution in [1.82, 2.24) is 10.2 Å². The van der Waals surface area contributed by atoms with Crippen molar-refractivity contribution in [1.29, 1.82) is 0 Å². The van der Waals surface area contributed by atoms with Crippen LogP contribution >= 0.6 is 11.3 Å². The fourth-order valence-electron chi connectivity index (χ4n) is 3.74. The van der Waals surface area contributed by atoms with E-state index in [0.29, 0.717) is 6.04 Å². The summed E-state index contributed by atoms with van der Waals surface area (Å²) in [5, 5.41) is 6.23. The maximum absolute atomic E-state index is 3.95. The van der Waals surface area contributed by atoms with Gasteiger partial charge in [0.2, 0.25) is 0 Å². The van der Waals surface area contributed by atoms with Crippen molar-refractivity contribution in [3.63, 3.8) is 0 Å². The lowest BCUT2D eigenvalue weighted by Crippen LogP contribution is -2.45. The van der Waals surface area contributed by atoms with Crippen LogP contribution < -0.4 is 5.32 Å². The summed E-state index contributed by atoms with van der Waals surface area (Å²) in [6.45, 7) is 8.47. The molecular weight excluding hydrogens is 264 g/mol. The van der Waals surface area contributed by atoms with Gasteiger partial charge >= 0.3 is 0 Å². The summed E-state index contributed by atoms with van der Waals surface area (Å²) < 4.78 is 0. The standard InChI is InChI=1S/C17H28N2S/c1-13(2)12-19-9-6-14(7-10-19)18-16-4-3-5-17-15(16)8-11-20-17/h8,11,13-14,16,18H,3-7,9-10,12H2,1-2H3. The van der Waals surface area contributed by atoms with Crippen LogP contribution in [-0.2, 0) is 6.42 Å². The molecule has 1 fully saturated rings. The number of piperidine rings is 1. The molecule has 1 saturated heterocycles. The van der Waals surface area contributed by atoms with Crippen LogP contribution in [0.25, 0.3) is 0 Å². The number of nitrogens with one attached hydrogen (secondary N) is 1. The molecule has 0 spiro atoms. The third-order valence-electron chi connectivity index (χ3n) is 4.70. The molecule has 2 aliphatic rings. The van der Waals surface area contributed by atoms with E-state index in [1.165, 1.54) is 51.7 Å². The van der Waals surface area contributed by atoms with Gasteiger partial charge in [-0.25, -0.2) is 0 Å². The SMILES string of the molecule is CC(C)CN1CCC(NC2CCCc3sccc32)CC1. The van der Waals surface area contributed by atoms with Crippen LogP contribution in [0.3, 0.4) is 0 Å². The first-order chi connectivity index (χ1) is 9.72. The maximum Gasteiger partial charge on any atom is 0.0333 e. The minimum atomic E-state index is 0.631. The predicted octanol–water partition coefficient (Wildman–Crippen LogP) is 3.84. The van der Waals surface area contributed by atoms with E-state index in [0.717, 1.165) is 12.0 Å². The molecule has 1 aliphatic heterocycles. The van der Waals surface area contributed by atoms with E-state index in [2.05, 4.69) is 35.5 Å². The number of hydrogen-bond acceptors (Lipinski definition) is 3. The van der Waals surface area contributed by atoms with Crippen LogP contribution in [0.1, 0.15) is 56.0 Å². The number of rotatable bonds is 4. The van der Waals surface area contributed by atoms with Gasteiger partial charge in [0.15, 0.2) is 0 Å². The second-order valence-corrected chi connectivity index (χ2v) is 7.88. The first-order valence-corrected chi connectivity index (χ1v) is 9.15. The van der Waals surface area contributed by atoms with E-state index in [1.54, 1.807) is 10.4 Å². The van der Waals surface area contributed by atoms with Gasteiger partial charge in [-0.3, -0.25) is 0 Å². The van der Waals surface area contributed by atoms with Gasteiger partial charge in [-0.2, -0.15) is 0 Å². The summed E-state index contributed by atoms with van der Waals surface area (Å²) in [6, 6.07) is 3.71. The molecule has 1 aliphatic carbocycles. The highest BCUT2D eigenvalue weighted by molar-refractivity contribution is 7.10. The molecule has 3 rings (SSSR count). The molecule has 1 unspecified atom stereocenters. The fraction of sp³-hybridized carbons (Fsp3) is 0.765. The second kappa shape index (κ2) is 6.59. The van der Waals surface area contributed by atoms with Crippen molar-refractivity contribution in [3.8, 4) is 0 Å². The number of thiophene rings is 1. The van der Waals surface area contributed by atoms with Crippen LogP contribution in [0.15, 0.2) is 11.4 Å². The molecule has 3 heteroatoms. The van der Waals surface area contributed by atoms with E-state index in [9.17, 15) is 0 Å². The summed E-state index contributed by atoms with van der Waals surface area (Å²) in [5.41, 5.74) is 1.60. The monoisotopic (exact) mass is 292 g/mol. The van der Waals surface area contributed by atoms with Crippen molar-refractivity contribution < 1.29 is 0 Å². The molecule has 1 aromatic rings. The van der Waals surface area contributed by atoms with E-state index >= 15 is 0 Å². The molecular formula is C17H28N2S. The summed E-state index contributed by atoms with van der Waals surface area (Å²) in [4.78, 5) is 4.27. The van der Waals surface area contributed by atoms with E-state index in [1.807, 2.05) is 11.3 Å². The highest BCUT2D eigenvalue weighted by Crippen LogP contribution is 2.34. The molecule has 1 atom stereocenters. The minimum Gasteiger partial charge on any atom is -0.307 e. The molecule has 0 saturated carbocycles. The lowest BCUT2D eigenvalue weighted by molar-refractivity contribution is 0.172. The predicted molar refractivity (Wildman–Crippen MR) is 87.4 cm³/mol. The Bertz CT molecular complexity index is 418. The van der Waals surface area contributed by atoms with Crippen molar-refractivity contribution in [2.75, 3.05) is 19.6 Å². The zero-order valence-corrected chi connectivity index (χ0v) is 13.7. The Morgan fingerprint density at radius 1 is 1.30 bits per heavy atom. The lowest BCUT2D eigenvalue weighted by Gasteiger charge is -2.36. The molecule has 0 aromatic carbocycles. The number of nitrogens with zero attached hydrogens (tertiary/aromatic N) is 1. The first-order valence-electron chi connectivity index (χ1n) is 8.27. The van der Waals surface area contributed by atoms with Crippen LogP contribution in [0, 0.1) is 5.92 Å². The third kappa shape index (κ3) is 3.44. The highest BCUT2D eigenvalue weighted by Gasteiger charge is 2.26. The molecule has 20 heavy (non-hydrogen) atoms. The molecule has 1 aromatic heterocycles. The van der Waals surface area contributed by atoms with Crippen LogP contribution in [0.4, 0.5) is 0 Å². The van der Waals surface area contributed by atoms with Crippen molar-refractivity contribution in [2.24, 2.45) is 5.92 Å². The van der Waals surface area contributed by atoms with Crippen LogP contribution in [0.5, 0.6) is 0 Å². The van der Waals surface area contributed by atoms with Gasteiger partial charge in [0.05, 0.1) is 0 Å². The molecule has 112 valence electrons. The normalized spacial score (nSPS) is 25.1. The Morgan fingerprint density at radius 3 is 2.85 bits per heavy atom. The van der Waals surface area contributed by atoms with Crippen molar-refractivity contribution in [3.05, 3.63) is 21.9 Å². The molecule has 2 heterocycles. The average Bonchev–Trinajstić information content (AvgIpc) is 2.90. The summed E-state index contributed by atoms with van der Waals surface area (Å²) in [5.74, 6) is 0.797. The largest absolute Gasteiger partial charge is 0.307 e. The van der Waals surface area contributed by atoms with Crippen LogP contribution in [-0.4, -0.2) is 30.6 Å².